The van der Waals surface area contributed by atoms with Gasteiger partial charge in [0.1, 0.15) is 5.75 Å². The standard InChI is InChI=1S/C24H34N2O2/c1-4-23(28-22-11-10-20-8-5-6-9-21(20)15-22)24(27)25-12-7-13-26-16-18(2)14-19(3)17-26/h5-6,8-11,15,18-19,23H,4,7,12-14,16-17H2,1-3H3,(H,25,27)/t18-,19-,23-/m1/s1. The molecular formula is C24H34N2O2. The van der Waals surface area contributed by atoms with Gasteiger partial charge in [0, 0.05) is 19.6 Å². The number of nitrogens with one attached hydrogen (secondary N) is 1. The fourth-order valence-corrected chi connectivity index (χ4v) is 4.33. The quantitative estimate of drug-likeness (QED) is 0.685. The number of likely N-dealkylation sites (tertiary alicyclic amines) is 1. The lowest BCUT2D eigenvalue weighted by Gasteiger charge is -2.35. The van der Waals surface area contributed by atoms with Crippen LogP contribution in [-0.4, -0.2) is 43.1 Å². The number of carbonyl (C=O) groups excluding carboxylic acids is 1. The first-order chi connectivity index (χ1) is 13.5. The van der Waals surface area contributed by atoms with E-state index in [1.54, 1.807) is 0 Å². The third-order valence-electron chi connectivity index (χ3n) is 5.56. The molecule has 4 nitrogen and oxygen atoms in total. The average molecular weight is 383 g/mol. The lowest BCUT2D eigenvalue weighted by molar-refractivity contribution is -0.128. The smallest absolute Gasteiger partial charge is 0.261 e. The number of amides is 1. The SMILES string of the molecule is CC[C@@H](Oc1ccc2ccccc2c1)C(=O)NCCCN1C[C@H](C)C[C@@H](C)C1. The van der Waals surface area contributed by atoms with Gasteiger partial charge in [-0.25, -0.2) is 0 Å². The first-order valence-corrected chi connectivity index (χ1v) is 10.7. The van der Waals surface area contributed by atoms with Crippen molar-refractivity contribution in [1.82, 2.24) is 10.2 Å². The summed E-state index contributed by atoms with van der Waals surface area (Å²) in [6.07, 6.45) is 2.52. The molecule has 1 aliphatic rings. The molecular weight excluding hydrogens is 348 g/mol. The minimum atomic E-state index is -0.448. The molecule has 2 aromatic rings. The average Bonchev–Trinajstić information content (AvgIpc) is 2.68. The maximum Gasteiger partial charge on any atom is 0.261 e. The normalized spacial score (nSPS) is 21.4. The van der Waals surface area contributed by atoms with Crippen LogP contribution in [0.5, 0.6) is 5.75 Å². The van der Waals surface area contributed by atoms with Crippen LogP contribution in [-0.2, 0) is 4.79 Å². The van der Waals surface area contributed by atoms with Crippen molar-refractivity contribution in [3.8, 4) is 5.75 Å². The molecule has 4 heteroatoms. The van der Waals surface area contributed by atoms with Gasteiger partial charge in [-0.2, -0.15) is 0 Å². The van der Waals surface area contributed by atoms with E-state index < -0.39 is 6.10 Å². The Morgan fingerprint density at radius 1 is 1.14 bits per heavy atom. The Morgan fingerprint density at radius 3 is 2.57 bits per heavy atom. The highest BCUT2D eigenvalue weighted by atomic mass is 16.5. The van der Waals surface area contributed by atoms with Crippen molar-refractivity contribution >= 4 is 16.7 Å². The maximum atomic E-state index is 12.5. The van der Waals surface area contributed by atoms with E-state index in [4.69, 9.17) is 4.74 Å². The third kappa shape index (κ3) is 5.71. The molecule has 0 saturated carbocycles. The Morgan fingerprint density at radius 2 is 1.86 bits per heavy atom. The van der Waals surface area contributed by atoms with Crippen LogP contribution in [0.1, 0.15) is 40.0 Å². The Kier molecular flexibility index (Phi) is 7.32. The number of benzene rings is 2. The highest BCUT2D eigenvalue weighted by molar-refractivity contribution is 5.84. The molecule has 152 valence electrons. The van der Waals surface area contributed by atoms with Crippen molar-refractivity contribution in [2.24, 2.45) is 11.8 Å². The molecule has 0 bridgehead atoms. The first-order valence-electron chi connectivity index (χ1n) is 10.7. The van der Waals surface area contributed by atoms with Crippen molar-refractivity contribution in [2.45, 2.75) is 46.1 Å². The number of hydrogen-bond donors (Lipinski definition) is 1. The number of piperidine rings is 1. The van der Waals surface area contributed by atoms with E-state index in [1.165, 1.54) is 24.9 Å². The zero-order chi connectivity index (χ0) is 19.9. The molecule has 2 aromatic carbocycles. The number of carbonyl (C=O) groups is 1. The zero-order valence-corrected chi connectivity index (χ0v) is 17.5. The van der Waals surface area contributed by atoms with Crippen LogP contribution < -0.4 is 10.1 Å². The summed E-state index contributed by atoms with van der Waals surface area (Å²) >= 11 is 0. The van der Waals surface area contributed by atoms with Crippen LogP contribution in [0, 0.1) is 11.8 Å². The van der Waals surface area contributed by atoms with E-state index in [-0.39, 0.29) is 5.91 Å². The van der Waals surface area contributed by atoms with Gasteiger partial charge in [0.2, 0.25) is 0 Å². The molecule has 0 aromatic heterocycles. The van der Waals surface area contributed by atoms with Gasteiger partial charge in [-0.3, -0.25) is 4.79 Å². The van der Waals surface area contributed by atoms with Crippen molar-refractivity contribution in [2.75, 3.05) is 26.2 Å². The second-order valence-corrected chi connectivity index (χ2v) is 8.37. The summed E-state index contributed by atoms with van der Waals surface area (Å²) in [5, 5.41) is 5.36. The summed E-state index contributed by atoms with van der Waals surface area (Å²) in [6, 6.07) is 14.2. The highest BCUT2D eigenvalue weighted by Crippen LogP contribution is 2.22. The summed E-state index contributed by atoms with van der Waals surface area (Å²) in [5.74, 6) is 2.28. The zero-order valence-electron chi connectivity index (χ0n) is 17.5. The second-order valence-electron chi connectivity index (χ2n) is 8.37. The molecule has 1 N–H and O–H groups in total. The fourth-order valence-electron chi connectivity index (χ4n) is 4.33. The highest BCUT2D eigenvalue weighted by Gasteiger charge is 2.22. The minimum Gasteiger partial charge on any atom is -0.481 e. The van der Waals surface area contributed by atoms with Gasteiger partial charge in [-0.15, -0.1) is 0 Å². The predicted octanol–water partition coefficient (Wildman–Crippen LogP) is 4.48. The van der Waals surface area contributed by atoms with E-state index in [9.17, 15) is 4.79 Å². The van der Waals surface area contributed by atoms with E-state index >= 15 is 0 Å². The molecule has 3 atom stereocenters. The first kappa shape index (κ1) is 20.7. The van der Waals surface area contributed by atoms with E-state index in [2.05, 4.69) is 36.2 Å². The molecule has 0 aliphatic carbocycles. The van der Waals surface area contributed by atoms with Crippen molar-refractivity contribution < 1.29 is 9.53 Å². The maximum absolute atomic E-state index is 12.5. The van der Waals surface area contributed by atoms with Crippen molar-refractivity contribution in [1.29, 1.82) is 0 Å². The van der Waals surface area contributed by atoms with Gasteiger partial charge in [0.25, 0.3) is 5.91 Å². The third-order valence-corrected chi connectivity index (χ3v) is 5.56. The molecule has 1 heterocycles. The molecule has 0 spiro atoms. The van der Waals surface area contributed by atoms with Crippen LogP contribution in [0.3, 0.4) is 0 Å². The summed E-state index contributed by atoms with van der Waals surface area (Å²) in [5.41, 5.74) is 0. The van der Waals surface area contributed by atoms with Gasteiger partial charge >= 0.3 is 0 Å². The molecule has 0 radical (unpaired) electrons. The van der Waals surface area contributed by atoms with Crippen LogP contribution in [0.4, 0.5) is 0 Å². The van der Waals surface area contributed by atoms with Crippen LogP contribution >= 0.6 is 0 Å². The topological polar surface area (TPSA) is 41.6 Å². The van der Waals surface area contributed by atoms with Gasteiger partial charge in [0.15, 0.2) is 6.10 Å². The number of hydrogen-bond acceptors (Lipinski definition) is 3. The van der Waals surface area contributed by atoms with Gasteiger partial charge in [-0.1, -0.05) is 51.1 Å². The molecule has 1 fully saturated rings. The molecule has 1 saturated heterocycles. The largest absolute Gasteiger partial charge is 0.481 e. The Labute approximate surface area is 169 Å². The minimum absolute atomic E-state index is 0.0176. The molecule has 1 amide bonds. The summed E-state index contributed by atoms with van der Waals surface area (Å²) < 4.78 is 5.99. The Balaban J connectivity index is 1.45. The van der Waals surface area contributed by atoms with Crippen LogP contribution in [0.25, 0.3) is 10.8 Å². The Hall–Kier alpha value is -2.07. The van der Waals surface area contributed by atoms with Crippen molar-refractivity contribution in [3.05, 3.63) is 42.5 Å². The molecule has 28 heavy (non-hydrogen) atoms. The lowest BCUT2D eigenvalue weighted by atomic mass is 9.92. The summed E-state index contributed by atoms with van der Waals surface area (Å²) in [7, 11) is 0. The number of nitrogens with zero attached hydrogens (tertiary/aromatic N) is 1. The predicted molar refractivity (Wildman–Crippen MR) is 116 cm³/mol. The van der Waals surface area contributed by atoms with Gasteiger partial charge < -0.3 is 15.0 Å². The molecule has 1 aliphatic heterocycles. The van der Waals surface area contributed by atoms with E-state index in [0.717, 1.165) is 35.9 Å². The van der Waals surface area contributed by atoms with E-state index in [0.29, 0.717) is 13.0 Å². The lowest BCUT2D eigenvalue weighted by Crippen LogP contribution is -2.41. The second kappa shape index (κ2) is 9.92. The Bertz CT molecular complexity index is 766. The van der Waals surface area contributed by atoms with Crippen LogP contribution in [0.15, 0.2) is 42.5 Å². The van der Waals surface area contributed by atoms with Gasteiger partial charge in [-0.05, 0) is 60.5 Å². The molecule has 3 rings (SSSR count). The van der Waals surface area contributed by atoms with E-state index in [1.807, 2.05) is 37.3 Å². The van der Waals surface area contributed by atoms with Crippen molar-refractivity contribution in [3.63, 3.8) is 0 Å². The molecule has 0 unspecified atom stereocenters. The monoisotopic (exact) mass is 382 g/mol. The summed E-state index contributed by atoms with van der Waals surface area (Å²) in [6.45, 7) is 10.8. The van der Waals surface area contributed by atoms with Gasteiger partial charge in [0.05, 0.1) is 0 Å². The number of fused-ring (bicyclic) bond motifs is 1. The number of ether oxygens (including phenoxy) is 1. The summed E-state index contributed by atoms with van der Waals surface area (Å²) in [4.78, 5) is 15.1. The number of rotatable bonds is 8. The van der Waals surface area contributed by atoms with Crippen LogP contribution in [0.2, 0.25) is 0 Å². The fraction of sp³-hybridized carbons (Fsp3) is 0.542.